The average molecular weight is 296 g/mol. The maximum absolute atomic E-state index is 11.0. The second-order valence-corrected chi connectivity index (χ2v) is 4.65. The molecule has 0 aliphatic heterocycles. The molecule has 0 bridgehead atoms. The van der Waals surface area contributed by atoms with Crippen LogP contribution in [0.2, 0.25) is 0 Å². The highest BCUT2D eigenvalue weighted by Gasteiger charge is 2.23. The molecule has 1 aromatic carbocycles. The molecule has 0 atom stereocenters. The molecule has 1 rings (SSSR count). The van der Waals surface area contributed by atoms with Gasteiger partial charge in [-0.25, -0.2) is 4.79 Å². The highest BCUT2D eigenvalue weighted by atomic mass is 16.6. The van der Waals surface area contributed by atoms with Crippen molar-refractivity contribution in [3.05, 3.63) is 33.9 Å². The number of hydrogen-bond donors (Lipinski definition) is 2. The average Bonchev–Trinajstić information content (AvgIpc) is 2.46. The van der Waals surface area contributed by atoms with Crippen LogP contribution in [0.5, 0.6) is 0 Å². The lowest BCUT2D eigenvalue weighted by molar-refractivity contribution is -0.385. The second kappa shape index (κ2) is 7.58. The number of nitro groups is 1. The Morgan fingerprint density at radius 3 is 2.43 bits per heavy atom. The third kappa shape index (κ3) is 3.91. The SMILES string of the molecule is CCC(CC)N(CCO)c1ccc(C(=O)O)c([N+](=O)[O-])c1. The van der Waals surface area contributed by atoms with Gasteiger partial charge in [0.1, 0.15) is 5.56 Å². The van der Waals surface area contributed by atoms with Crippen molar-refractivity contribution in [1.82, 2.24) is 0 Å². The van der Waals surface area contributed by atoms with Gasteiger partial charge in [-0.2, -0.15) is 0 Å². The van der Waals surface area contributed by atoms with E-state index in [2.05, 4.69) is 0 Å². The van der Waals surface area contributed by atoms with Crippen LogP contribution in [-0.4, -0.2) is 40.3 Å². The monoisotopic (exact) mass is 296 g/mol. The Hall–Kier alpha value is -2.15. The number of rotatable bonds is 8. The minimum absolute atomic E-state index is 0.0784. The van der Waals surface area contributed by atoms with E-state index in [-0.39, 0.29) is 18.2 Å². The summed E-state index contributed by atoms with van der Waals surface area (Å²) in [7, 11) is 0. The van der Waals surface area contributed by atoms with E-state index < -0.39 is 16.6 Å². The highest BCUT2D eigenvalue weighted by molar-refractivity contribution is 5.93. The number of aliphatic hydroxyl groups excluding tert-OH is 1. The molecule has 0 unspecified atom stereocenters. The van der Waals surface area contributed by atoms with Crippen molar-refractivity contribution in [2.75, 3.05) is 18.1 Å². The van der Waals surface area contributed by atoms with Gasteiger partial charge in [0.25, 0.3) is 5.69 Å². The van der Waals surface area contributed by atoms with Crippen molar-refractivity contribution < 1.29 is 19.9 Å². The predicted octanol–water partition coefficient (Wildman–Crippen LogP) is 2.28. The number of carboxylic acid groups (broad SMARTS) is 1. The first-order chi connectivity index (χ1) is 9.96. The lowest BCUT2D eigenvalue weighted by atomic mass is 10.1. The van der Waals surface area contributed by atoms with Gasteiger partial charge in [-0.05, 0) is 25.0 Å². The summed E-state index contributed by atoms with van der Waals surface area (Å²) in [5.41, 5.74) is -0.222. The zero-order valence-corrected chi connectivity index (χ0v) is 12.2. The van der Waals surface area contributed by atoms with Crippen molar-refractivity contribution >= 4 is 17.3 Å². The van der Waals surface area contributed by atoms with Crippen LogP contribution in [0.1, 0.15) is 37.0 Å². The molecule has 0 aliphatic rings. The summed E-state index contributed by atoms with van der Waals surface area (Å²) in [5, 5.41) is 29.2. The van der Waals surface area contributed by atoms with Gasteiger partial charge in [0.05, 0.1) is 11.5 Å². The number of nitro benzene ring substituents is 1. The Morgan fingerprint density at radius 2 is 2.00 bits per heavy atom. The Balaban J connectivity index is 3.29. The van der Waals surface area contributed by atoms with Crippen molar-refractivity contribution in [1.29, 1.82) is 0 Å². The normalized spacial score (nSPS) is 10.7. The quantitative estimate of drug-likeness (QED) is 0.563. The first kappa shape index (κ1) is 16.9. The predicted molar refractivity (Wildman–Crippen MR) is 78.9 cm³/mol. The van der Waals surface area contributed by atoms with E-state index in [1.807, 2.05) is 18.7 Å². The molecule has 7 nitrogen and oxygen atoms in total. The van der Waals surface area contributed by atoms with Crippen molar-refractivity contribution in [3.63, 3.8) is 0 Å². The van der Waals surface area contributed by atoms with Crippen molar-refractivity contribution in [2.45, 2.75) is 32.7 Å². The maximum Gasteiger partial charge on any atom is 0.342 e. The van der Waals surface area contributed by atoms with E-state index >= 15 is 0 Å². The summed E-state index contributed by atoms with van der Waals surface area (Å²) in [6, 6.07) is 4.18. The van der Waals surface area contributed by atoms with Gasteiger partial charge in [-0.3, -0.25) is 10.1 Å². The third-order valence-corrected chi connectivity index (χ3v) is 3.46. The molecule has 0 aliphatic carbocycles. The highest BCUT2D eigenvalue weighted by Crippen LogP contribution is 2.28. The molecule has 0 amide bonds. The largest absolute Gasteiger partial charge is 0.477 e. The zero-order valence-electron chi connectivity index (χ0n) is 12.2. The molecular weight excluding hydrogens is 276 g/mol. The molecule has 0 saturated carbocycles. The summed E-state index contributed by atoms with van der Waals surface area (Å²) >= 11 is 0. The van der Waals surface area contributed by atoms with Crippen molar-refractivity contribution in [3.8, 4) is 0 Å². The van der Waals surface area contributed by atoms with Gasteiger partial charge < -0.3 is 15.1 Å². The van der Waals surface area contributed by atoms with Crippen LogP contribution in [0.25, 0.3) is 0 Å². The summed E-state index contributed by atoms with van der Waals surface area (Å²) in [6.07, 6.45) is 1.65. The molecule has 116 valence electrons. The first-order valence-corrected chi connectivity index (χ1v) is 6.85. The summed E-state index contributed by atoms with van der Waals surface area (Å²) in [4.78, 5) is 23.2. The van der Waals surface area contributed by atoms with Gasteiger partial charge >= 0.3 is 5.97 Å². The fourth-order valence-corrected chi connectivity index (χ4v) is 2.39. The molecule has 0 fully saturated rings. The molecule has 7 heteroatoms. The van der Waals surface area contributed by atoms with E-state index in [1.54, 1.807) is 6.07 Å². The molecule has 0 spiro atoms. The molecule has 0 saturated heterocycles. The first-order valence-electron chi connectivity index (χ1n) is 6.85. The molecule has 0 heterocycles. The van der Waals surface area contributed by atoms with E-state index in [1.165, 1.54) is 12.1 Å². The third-order valence-electron chi connectivity index (χ3n) is 3.46. The Bertz CT molecular complexity index is 514. The van der Waals surface area contributed by atoms with Gasteiger partial charge in [-0.1, -0.05) is 13.8 Å². The Kier molecular flexibility index (Phi) is 6.10. The standard InChI is InChI=1S/C14H20N2O5/c1-3-10(4-2)15(7-8-17)11-5-6-12(14(18)19)13(9-11)16(20)21/h5-6,9-10,17H,3-4,7-8H2,1-2H3,(H,18,19). The van der Waals surface area contributed by atoms with Crippen LogP contribution in [-0.2, 0) is 0 Å². The zero-order chi connectivity index (χ0) is 16.0. The molecule has 1 aromatic rings. The number of aromatic carboxylic acids is 1. The van der Waals surface area contributed by atoms with E-state index in [9.17, 15) is 20.0 Å². The number of carboxylic acids is 1. The minimum Gasteiger partial charge on any atom is -0.477 e. The minimum atomic E-state index is -1.33. The molecule has 21 heavy (non-hydrogen) atoms. The van der Waals surface area contributed by atoms with E-state index in [0.29, 0.717) is 12.2 Å². The van der Waals surface area contributed by atoms with Crippen LogP contribution in [0.4, 0.5) is 11.4 Å². The topological polar surface area (TPSA) is 104 Å². The van der Waals surface area contributed by atoms with Crippen LogP contribution in [0.3, 0.4) is 0 Å². The van der Waals surface area contributed by atoms with Crippen molar-refractivity contribution in [2.24, 2.45) is 0 Å². The van der Waals surface area contributed by atoms with Gasteiger partial charge in [0, 0.05) is 24.3 Å². The number of anilines is 1. The molecular formula is C14H20N2O5. The fourth-order valence-electron chi connectivity index (χ4n) is 2.39. The summed E-state index contributed by atoms with van der Waals surface area (Å²) in [6.45, 7) is 4.26. The van der Waals surface area contributed by atoms with Crippen LogP contribution in [0, 0.1) is 10.1 Å². The molecule has 0 aromatic heterocycles. The number of hydrogen-bond acceptors (Lipinski definition) is 5. The number of aliphatic hydroxyl groups is 1. The maximum atomic E-state index is 11.0. The number of benzene rings is 1. The summed E-state index contributed by atoms with van der Waals surface area (Å²) < 4.78 is 0. The Labute approximate surface area is 123 Å². The fraction of sp³-hybridized carbons (Fsp3) is 0.500. The molecule has 0 radical (unpaired) electrons. The number of nitrogens with zero attached hydrogens (tertiary/aromatic N) is 2. The Morgan fingerprint density at radius 1 is 1.38 bits per heavy atom. The van der Waals surface area contributed by atoms with E-state index in [0.717, 1.165) is 12.8 Å². The lowest BCUT2D eigenvalue weighted by Crippen LogP contribution is -2.36. The summed E-state index contributed by atoms with van der Waals surface area (Å²) in [5.74, 6) is -1.33. The lowest BCUT2D eigenvalue weighted by Gasteiger charge is -2.32. The molecule has 2 N–H and O–H groups in total. The smallest absolute Gasteiger partial charge is 0.342 e. The van der Waals surface area contributed by atoms with Crippen LogP contribution >= 0.6 is 0 Å². The number of carbonyl (C=O) groups is 1. The van der Waals surface area contributed by atoms with E-state index in [4.69, 9.17) is 5.11 Å². The van der Waals surface area contributed by atoms with Crippen LogP contribution < -0.4 is 4.90 Å². The van der Waals surface area contributed by atoms with Gasteiger partial charge in [-0.15, -0.1) is 0 Å². The van der Waals surface area contributed by atoms with Crippen LogP contribution in [0.15, 0.2) is 18.2 Å². The van der Waals surface area contributed by atoms with Gasteiger partial charge in [0.15, 0.2) is 0 Å². The van der Waals surface area contributed by atoms with Gasteiger partial charge in [0.2, 0.25) is 0 Å². The second-order valence-electron chi connectivity index (χ2n) is 4.65.